The highest BCUT2D eigenvalue weighted by Gasteiger charge is 2.56. The number of alkyl halides is 3. The summed E-state index contributed by atoms with van der Waals surface area (Å²) in [7, 11) is 1.94. The van der Waals surface area contributed by atoms with E-state index in [2.05, 4.69) is 25.4 Å². The van der Waals surface area contributed by atoms with Gasteiger partial charge in [0.15, 0.2) is 5.69 Å². The first-order valence-corrected chi connectivity index (χ1v) is 8.90. The molecular weight excluding hydrogens is 381 g/mol. The van der Waals surface area contributed by atoms with E-state index in [9.17, 15) is 13.2 Å². The number of hydrogen-bond acceptors (Lipinski definition) is 4. The van der Waals surface area contributed by atoms with Gasteiger partial charge in [-0.15, -0.1) is 12.4 Å². The van der Waals surface area contributed by atoms with E-state index >= 15 is 0 Å². The Morgan fingerprint density at radius 3 is 2.63 bits per heavy atom. The molecule has 2 aromatic rings. The zero-order valence-corrected chi connectivity index (χ0v) is 15.9. The van der Waals surface area contributed by atoms with Gasteiger partial charge in [-0.05, 0) is 43.8 Å². The maximum absolute atomic E-state index is 12.8. The average molecular weight is 405 g/mol. The van der Waals surface area contributed by atoms with Gasteiger partial charge in [0.2, 0.25) is 0 Å². The van der Waals surface area contributed by atoms with E-state index in [4.69, 9.17) is 0 Å². The van der Waals surface area contributed by atoms with Crippen LogP contribution in [0.15, 0.2) is 18.5 Å². The van der Waals surface area contributed by atoms with Gasteiger partial charge in [-0.3, -0.25) is 10.00 Å². The van der Waals surface area contributed by atoms with Crippen LogP contribution >= 0.6 is 12.4 Å². The van der Waals surface area contributed by atoms with Crippen molar-refractivity contribution in [3.05, 3.63) is 35.7 Å². The predicted molar refractivity (Wildman–Crippen MR) is 96.2 cm³/mol. The number of aromatic amines is 1. The SMILES string of the molecule is Cl.Cn1ccnc1CN(Cc1cc(C(F)(F)F)n[nH]1)C1CC12CCNCC2. The highest BCUT2D eigenvalue weighted by atomic mass is 35.5. The van der Waals surface area contributed by atoms with E-state index in [0.717, 1.165) is 44.2 Å². The first-order chi connectivity index (χ1) is 12.4. The number of aromatic nitrogens is 4. The predicted octanol–water partition coefficient (Wildman–Crippen LogP) is 2.73. The van der Waals surface area contributed by atoms with E-state index in [0.29, 0.717) is 30.2 Å². The van der Waals surface area contributed by atoms with Gasteiger partial charge in [0.05, 0.1) is 6.54 Å². The maximum atomic E-state index is 12.8. The van der Waals surface area contributed by atoms with Crippen LogP contribution in [0.25, 0.3) is 0 Å². The van der Waals surface area contributed by atoms with E-state index in [1.807, 2.05) is 17.8 Å². The first kappa shape index (κ1) is 20.2. The average Bonchev–Trinajstić information content (AvgIpc) is 2.94. The standard InChI is InChI=1S/C17H23F3N6.ClH/c1-25-7-6-22-15(25)11-26(14-9-16(14)2-4-21-5-3-16)10-12-8-13(24-23-12)17(18,19)20;/h6-8,14,21H,2-5,9-11H2,1H3,(H,23,24);1H. The molecule has 0 amide bonds. The molecule has 10 heteroatoms. The second kappa shape index (κ2) is 7.44. The monoisotopic (exact) mass is 404 g/mol. The number of hydrogen-bond donors (Lipinski definition) is 2. The second-order valence-corrected chi connectivity index (χ2v) is 7.47. The lowest BCUT2D eigenvalue weighted by Gasteiger charge is -2.29. The summed E-state index contributed by atoms with van der Waals surface area (Å²) in [6, 6.07) is 1.49. The number of aryl methyl sites for hydroxylation is 1. The Hall–Kier alpha value is -1.58. The Kier molecular flexibility index (Phi) is 5.56. The van der Waals surface area contributed by atoms with Gasteiger partial charge in [-0.25, -0.2) is 4.98 Å². The van der Waals surface area contributed by atoms with Crippen molar-refractivity contribution in [1.82, 2.24) is 30.0 Å². The highest BCUT2D eigenvalue weighted by Crippen LogP contribution is 2.56. The van der Waals surface area contributed by atoms with E-state index in [-0.39, 0.29) is 12.4 Å². The van der Waals surface area contributed by atoms with Crippen LogP contribution in [-0.4, -0.2) is 43.8 Å². The minimum absolute atomic E-state index is 0. The summed E-state index contributed by atoms with van der Waals surface area (Å²) in [6.45, 7) is 3.05. The highest BCUT2D eigenvalue weighted by molar-refractivity contribution is 5.85. The zero-order valence-electron chi connectivity index (χ0n) is 15.1. The summed E-state index contributed by atoms with van der Waals surface area (Å²) in [6.07, 6.45) is 2.54. The van der Waals surface area contributed by atoms with Crippen molar-refractivity contribution < 1.29 is 13.2 Å². The third-order valence-corrected chi connectivity index (χ3v) is 5.75. The Balaban J connectivity index is 0.00000210. The molecule has 3 heterocycles. The number of nitrogens with zero attached hydrogens (tertiary/aromatic N) is 4. The lowest BCUT2D eigenvalue weighted by atomic mass is 9.93. The first-order valence-electron chi connectivity index (χ1n) is 8.90. The lowest BCUT2D eigenvalue weighted by molar-refractivity contribution is -0.141. The third-order valence-electron chi connectivity index (χ3n) is 5.75. The lowest BCUT2D eigenvalue weighted by Crippen LogP contribution is -2.36. The fourth-order valence-corrected chi connectivity index (χ4v) is 4.12. The molecule has 1 aliphatic carbocycles. The third kappa shape index (κ3) is 4.14. The number of halogens is 4. The van der Waals surface area contributed by atoms with Crippen LogP contribution in [0.1, 0.15) is 36.5 Å². The van der Waals surface area contributed by atoms with Crippen molar-refractivity contribution in [3.8, 4) is 0 Å². The van der Waals surface area contributed by atoms with Crippen molar-refractivity contribution in [3.63, 3.8) is 0 Å². The summed E-state index contributed by atoms with van der Waals surface area (Å²) in [4.78, 5) is 6.64. The van der Waals surface area contributed by atoms with Crippen LogP contribution in [0, 0.1) is 5.41 Å². The molecule has 2 aliphatic rings. The largest absolute Gasteiger partial charge is 0.435 e. The Labute approximate surface area is 161 Å². The number of nitrogens with one attached hydrogen (secondary N) is 2. The molecule has 1 unspecified atom stereocenters. The molecule has 4 rings (SSSR count). The molecule has 1 saturated carbocycles. The zero-order chi connectivity index (χ0) is 18.4. The van der Waals surface area contributed by atoms with E-state index in [1.54, 1.807) is 6.20 Å². The van der Waals surface area contributed by atoms with Crippen molar-refractivity contribution in [2.24, 2.45) is 12.5 Å². The van der Waals surface area contributed by atoms with Crippen LogP contribution in [-0.2, 0) is 26.3 Å². The minimum atomic E-state index is -4.42. The number of piperidine rings is 1. The fraction of sp³-hybridized carbons (Fsp3) is 0.647. The van der Waals surface area contributed by atoms with Gasteiger partial charge in [-0.1, -0.05) is 0 Å². The van der Waals surface area contributed by atoms with Crippen LogP contribution in [0.4, 0.5) is 13.2 Å². The van der Waals surface area contributed by atoms with Crippen LogP contribution in [0.3, 0.4) is 0 Å². The molecule has 2 aromatic heterocycles. The topological polar surface area (TPSA) is 61.8 Å². The maximum Gasteiger partial charge on any atom is 0.435 e. The summed E-state index contributed by atoms with van der Waals surface area (Å²) in [5.41, 5.74) is -0.0807. The molecule has 0 aromatic carbocycles. The molecule has 2 N–H and O–H groups in total. The van der Waals surface area contributed by atoms with Crippen molar-refractivity contribution in [2.75, 3.05) is 13.1 Å². The van der Waals surface area contributed by atoms with Gasteiger partial charge in [0.25, 0.3) is 0 Å². The molecular formula is C17H24ClF3N6. The molecule has 27 heavy (non-hydrogen) atoms. The minimum Gasteiger partial charge on any atom is -0.337 e. The Bertz CT molecular complexity index is 765. The Morgan fingerprint density at radius 1 is 1.30 bits per heavy atom. The smallest absolute Gasteiger partial charge is 0.337 e. The normalized spacial score (nSPS) is 21.4. The van der Waals surface area contributed by atoms with E-state index in [1.165, 1.54) is 0 Å². The van der Waals surface area contributed by atoms with Crippen LogP contribution < -0.4 is 5.32 Å². The summed E-state index contributed by atoms with van der Waals surface area (Å²) in [5, 5.41) is 9.38. The van der Waals surface area contributed by atoms with Crippen LogP contribution in [0.5, 0.6) is 0 Å². The molecule has 2 fully saturated rings. The summed E-state index contributed by atoms with van der Waals surface area (Å²) < 4.78 is 40.5. The molecule has 1 saturated heterocycles. The van der Waals surface area contributed by atoms with Gasteiger partial charge >= 0.3 is 6.18 Å². The summed E-state index contributed by atoms with van der Waals surface area (Å²) in [5.74, 6) is 0.913. The van der Waals surface area contributed by atoms with Crippen LogP contribution in [0.2, 0.25) is 0 Å². The van der Waals surface area contributed by atoms with Gasteiger partial charge in [0.1, 0.15) is 5.82 Å². The van der Waals surface area contributed by atoms with E-state index < -0.39 is 11.9 Å². The Morgan fingerprint density at radius 2 is 2.04 bits per heavy atom. The molecule has 0 bridgehead atoms. The van der Waals surface area contributed by atoms with Gasteiger partial charge in [-0.2, -0.15) is 18.3 Å². The van der Waals surface area contributed by atoms with Crippen molar-refractivity contribution in [1.29, 1.82) is 0 Å². The quantitative estimate of drug-likeness (QED) is 0.804. The van der Waals surface area contributed by atoms with Gasteiger partial charge in [0, 0.05) is 37.7 Å². The number of H-pyrrole nitrogens is 1. The molecule has 150 valence electrons. The second-order valence-electron chi connectivity index (χ2n) is 7.47. The fourth-order valence-electron chi connectivity index (χ4n) is 4.12. The number of rotatable bonds is 5. The van der Waals surface area contributed by atoms with Crippen molar-refractivity contribution >= 4 is 12.4 Å². The number of imidazole rings is 1. The van der Waals surface area contributed by atoms with Crippen molar-refractivity contribution in [2.45, 2.75) is 44.6 Å². The summed E-state index contributed by atoms with van der Waals surface area (Å²) >= 11 is 0. The molecule has 1 spiro atoms. The molecule has 6 nitrogen and oxygen atoms in total. The molecule has 1 aliphatic heterocycles. The van der Waals surface area contributed by atoms with Gasteiger partial charge < -0.3 is 9.88 Å². The molecule has 0 radical (unpaired) electrons. The molecule has 1 atom stereocenters.